The van der Waals surface area contributed by atoms with Gasteiger partial charge in [0, 0.05) is 37.0 Å². The molecule has 2 unspecified atom stereocenters. The Labute approximate surface area is 191 Å². The van der Waals surface area contributed by atoms with Crippen LogP contribution in [0.4, 0.5) is 18.9 Å². The number of hydrogen-bond donors (Lipinski definition) is 2. The van der Waals surface area contributed by atoms with Crippen LogP contribution >= 0.6 is 0 Å². The summed E-state index contributed by atoms with van der Waals surface area (Å²) in [5.74, 6) is -1.83. The summed E-state index contributed by atoms with van der Waals surface area (Å²) < 4.78 is 41.5. The Bertz CT molecular complexity index is 1000. The van der Waals surface area contributed by atoms with Crippen molar-refractivity contribution in [3.05, 3.63) is 65.2 Å². The highest BCUT2D eigenvalue weighted by Gasteiger charge is 2.45. The maximum atomic E-state index is 13.8. The first kappa shape index (κ1) is 24.6. The summed E-state index contributed by atoms with van der Waals surface area (Å²) in [6, 6.07) is 12.2. The number of fused-ring (bicyclic) bond motifs is 1. The van der Waals surface area contributed by atoms with E-state index in [0.29, 0.717) is 10.6 Å². The van der Waals surface area contributed by atoms with E-state index in [0.717, 1.165) is 13.5 Å². The van der Waals surface area contributed by atoms with Gasteiger partial charge in [-0.25, -0.2) is 0 Å². The lowest BCUT2D eigenvalue weighted by atomic mass is 9.83. The number of alkyl halides is 3. The highest BCUT2D eigenvalue weighted by atomic mass is 19.4. The minimum Gasteiger partial charge on any atom is -0.481 e. The first-order valence-electron chi connectivity index (χ1n) is 10.9. The van der Waals surface area contributed by atoms with Crippen LogP contribution in [0.2, 0.25) is 0 Å². The van der Waals surface area contributed by atoms with E-state index in [1.54, 1.807) is 12.1 Å². The van der Waals surface area contributed by atoms with Crippen LogP contribution in [0.1, 0.15) is 55.8 Å². The number of anilines is 1. The fraction of sp³-hybridized carbons (Fsp3) is 0.440. The lowest BCUT2D eigenvalue weighted by Gasteiger charge is -2.31. The second-order valence-electron chi connectivity index (χ2n) is 9.10. The molecule has 2 aromatic carbocycles. The van der Waals surface area contributed by atoms with E-state index in [1.807, 2.05) is 12.1 Å². The predicted octanol–water partition coefficient (Wildman–Crippen LogP) is 5.32. The first-order chi connectivity index (χ1) is 15.4. The van der Waals surface area contributed by atoms with Gasteiger partial charge in [0.25, 0.3) is 0 Å². The minimum atomic E-state index is -4.67. The summed E-state index contributed by atoms with van der Waals surface area (Å²) in [7, 11) is 1.10. The number of carboxylic acids is 1. The Morgan fingerprint density at radius 2 is 1.76 bits per heavy atom. The lowest BCUT2D eigenvalue weighted by Crippen LogP contribution is -2.39. The Hall–Kier alpha value is -3.03. The zero-order valence-corrected chi connectivity index (χ0v) is 18.9. The number of rotatable bonds is 8. The van der Waals surface area contributed by atoms with Crippen molar-refractivity contribution in [2.75, 3.05) is 12.4 Å². The number of aliphatic carboxylic acids is 1. The van der Waals surface area contributed by atoms with Gasteiger partial charge in [0.2, 0.25) is 5.91 Å². The molecule has 0 saturated carbocycles. The number of amides is 1. The van der Waals surface area contributed by atoms with Gasteiger partial charge in [-0.2, -0.15) is 13.2 Å². The van der Waals surface area contributed by atoms with Crippen LogP contribution in [-0.2, 0) is 21.4 Å². The van der Waals surface area contributed by atoms with E-state index in [1.165, 1.54) is 23.3 Å². The van der Waals surface area contributed by atoms with Crippen LogP contribution in [0.15, 0.2) is 48.5 Å². The van der Waals surface area contributed by atoms with Gasteiger partial charge >= 0.3 is 12.1 Å². The molecule has 0 radical (unpaired) electrons. The molecular formula is C25H29F3N2O3. The van der Waals surface area contributed by atoms with Gasteiger partial charge < -0.3 is 15.3 Å². The molecule has 0 spiro atoms. The zero-order chi connectivity index (χ0) is 24.4. The molecule has 2 N–H and O–H groups in total. The second kappa shape index (κ2) is 9.45. The molecule has 0 fully saturated rings. The third-order valence-electron chi connectivity index (χ3n) is 6.45. The van der Waals surface area contributed by atoms with Gasteiger partial charge in [0.05, 0.1) is 0 Å². The quantitative estimate of drug-likeness (QED) is 0.557. The number of benzene rings is 2. The number of nitrogens with one attached hydrogen (secondary N) is 1. The third-order valence-corrected chi connectivity index (χ3v) is 6.45. The van der Waals surface area contributed by atoms with E-state index < -0.39 is 24.1 Å². The molecule has 0 heterocycles. The largest absolute Gasteiger partial charge is 0.481 e. The van der Waals surface area contributed by atoms with Crippen molar-refractivity contribution < 1.29 is 27.9 Å². The molecule has 0 saturated heterocycles. The molecule has 5 nitrogen and oxygen atoms in total. The molecule has 1 aliphatic rings. The topological polar surface area (TPSA) is 69.6 Å². The average molecular weight is 463 g/mol. The lowest BCUT2D eigenvalue weighted by molar-refractivity contribution is -0.189. The zero-order valence-electron chi connectivity index (χ0n) is 18.9. The van der Waals surface area contributed by atoms with Crippen LogP contribution in [-0.4, -0.2) is 41.1 Å². The predicted molar refractivity (Wildman–Crippen MR) is 120 cm³/mol. The monoisotopic (exact) mass is 462 g/mol. The summed E-state index contributed by atoms with van der Waals surface area (Å²) in [5.41, 5.74) is 3.06. The molecule has 3 rings (SSSR count). The summed E-state index contributed by atoms with van der Waals surface area (Å²) >= 11 is 0. The summed E-state index contributed by atoms with van der Waals surface area (Å²) in [4.78, 5) is 23.6. The fourth-order valence-corrected chi connectivity index (χ4v) is 4.53. The highest BCUT2D eigenvalue weighted by Crippen LogP contribution is 2.41. The fourth-order valence-electron chi connectivity index (χ4n) is 4.53. The first-order valence-corrected chi connectivity index (χ1v) is 10.9. The number of carbonyl (C=O) groups excluding carboxylic acids is 1. The molecule has 0 aromatic heterocycles. The smallest absolute Gasteiger partial charge is 0.413 e. The van der Waals surface area contributed by atoms with E-state index in [9.17, 15) is 22.8 Å². The Kier molecular flexibility index (Phi) is 7.05. The van der Waals surface area contributed by atoms with Crippen LogP contribution in [0, 0.1) is 0 Å². The summed E-state index contributed by atoms with van der Waals surface area (Å²) in [6.07, 6.45) is -4.37. The van der Waals surface area contributed by atoms with Crippen molar-refractivity contribution in [2.45, 2.75) is 63.2 Å². The normalized spacial score (nSPS) is 17.8. The Morgan fingerprint density at radius 3 is 2.33 bits per heavy atom. The van der Waals surface area contributed by atoms with E-state index in [4.69, 9.17) is 5.11 Å². The highest BCUT2D eigenvalue weighted by molar-refractivity contribution is 5.77. The summed E-state index contributed by atoms with van der Waals surface area (Å²) in [5, 5.41) is 12.1. The van der Waals surface area contributed by atoms with Crippen molar-refractivity contribution in [1.82, 2.24) is 4.90 Å². The van der Waals surface area contributed by atoms with Crippen LogP contribution in [0.3, 0.4) is 0 Å². The van der Waals surface area contributed by atoms with Crippen LogP contribution in [0.5, 0.6) is 0 Å². The standard InChI is InChI=1S/C25H29F3N2O3/c1-24(2)19-8-5-4-7-17(19)15-20(24)29-18-13-11-16(12-14-18)23(25(26,27)28)30(3)21(31)9-6-10-22(32)33/h4-5,7-8,11-14,20,23,29H,6,9-10,15H2,1-3H3,(H,32,33). The minimum absolute atomic E-state index is 0.00843. The molecule has 0 aliphatic heterocycles. The molecule has 0 bridgehead atoms. The Balaban J connectivity index is 1.74. The maximum Gasteiger partial charge on any atom is 0.413 e. The molecule has 33 heavy (non-hydrogen) atoms. The molecule has 1 aliphatic carbocycles. The molecule has 8 heteroatoms. The number of halogens is 3. The number of nitrogens with zero attached hydrogens (tertiary/aromatic N) is 1. The van der Waals surface area contributed by atoms with Gasteiger partial charge in [-0.05, 0) is 41.7 Å². The SMILES string of the molecule is CN(C(=O)CCCC(=O)O)C(c1ccc(NC2Cc3ccccc3C2(C)C)cc1)C(F)(F)F. The van der Waals surface area contributed by atoms with Gasteiger partial charge in [-0.15, -0.1) is 0 Å². The number of hydrogen-bond acceptors (Lipinski definition) is 3. The second-order valence-corrected chi connectivity index (χ2v) is 9.10. The van der Waals surface area contributed by atoms with Gasteiger partial charge in [0.15, 0.2) is 6.04 Å². The van der Waals surface area contributed by atoms with E-state index in [-0.39, 0.29) is 36.3 Å². The average Bonchev–Trinajstić information content (AvgIpc) is 2.98. The van der Waals surface area contributed by atoms with Crippen molar-refractivity contribution in [3.8, 4) is 0 Å². The molecule has 2 aromatic rings. The molecule has 178 valence electrons. The van der Waals surface area contributed by atoms with E-state index in [2.05, 4.69) is 31.3 Å². The Morgan fingerprint density at radius 1 is 1.12 bits per heavy atom. The van der Waals surface area contributed by atoms with Gasteiger partial charge in [-0.3, -0.25) is 9.59 Å². The third kappa shape index (κ3) is 5.49. The van der Waals surface area contributed by atoms with Crippen molar-refractivity contribution in [2.24, 2.45) is 0 Å². The number of carboxylic acid groups (broad SMARTS) is 1. The van der Waals surface area contributed by atoms with Crippen molar-refractivity contribution in [1.29, 1.82) is 0 Å². The molecular weight excluding hydrogens is 433 g/mol. The van der Waals surface area contributed by atoms with E-state index >= 15 is 0 Å². The summed E-state index contributed by atoms with van der Waals surface area (Å²) in [6.45, 7) is 4.30. The van der Waals surface area contributed by atoms with Gasteiger partial charge in [0.1, 0.15) is 0 Å². The maximum absolute atomic E-state index is 13.8. The van der Waals surface area contributed by atoms with Gasteiger partial charge in [-0.1, -0.05) is 50.2 Å². The number of carbonyl (C=O) groups is 2. The van der Waals surface area contributed by atoms with Crippen molar-refractivity contribution >= 4 is 17.6 Å². The molecule has 2 atom stereocenters. The van der Waals surface area contributed by atoms with Crippen LogP contribution < -0.4 is 5.32 Å². The van der Waals surface area contributed by atoms with Crippen LogP contribution in [0.25, 0.3) is 0 Å². The van der Waals surface area contributed by atoms with Crippen molar-refractivity contribution in [3.63, 3.8) is 0 Å². The molecule has 1 amide bonds.